The first-order valence-electron chi connectivity index (χ1n) is 2.80. The van der Waals surface area contributed by atoms with Crippen LogP contribution in [-0.2, 0) is 0 Å². The average molecular weight is 312 g/mol. The summed E-state index contributed by atoms with van der Waals surface area (Å²) in [4.78, 5) is 7.70. The van der Waals surface area contributed by atoms with E-state index in [-0.39, 0.29) is 11.0 Å². The van der Waals surface area contributed by atoms with Crippen LogP contribution in [0.4, 0.5) is 5.82 Å². The molecule has 0 saturated carbocycles. The van der Waals surface area contributed by atoms with Gasteiger partial charge in [-0.3, -0.25) is 0 Å². The molecule has 0 aliphatic carbocycles. The predicted molar refractivity (Wildman–Crippen MR) is 59.9 cm³/mol. The molecule has 12 heavy (non-hydrogen) atoms. The molecule has 0 aliphatic rings. The Hall–Kier alpha value is -0.190. The highest BCUT2D eigenvalue weighted by atomic mass is 127. The summed E-state index contributed by atoms with van der Waals surface area (Å²) >= 11 is 7.60. The zero-order valence-corrected chi connectivity index (χ0v) is 9.44. The molecule has 62 valence electrons. The molecule has 0 amide bonds. The third-order valence-electron chi connectivity index (χ3n) is 0.978. The van der Waals surface area contributed by atoms with E-state index in [9.17, 15) is 0 Å². The van der Waals surface area contributed by atoms with Gasteiger partial charge in [0.15, 0.2) is 11.5 Å². The van der Waals surface area contributed by atoms with Crippen molar-refractivity contribution >= 4 is 47.6 Å². The number of halogens is 2. The molecule has 1 aromatic heterocycles. The van der Waals surface area contributed by atoms with E-state index in [1.54, 1.807) is 0 Å². The average Bonchev–Trinajstić information content (AvgIpc) is 2.03. The summed E-state index contributed by atoms with van der Waals surface area (Å²) in [6.45, 7) is 0. The number of aromatic nitrogens is 2. The molecule has 0 bridgehead atoms. The molecule has 0 atom stereocenters. The lowest BCUT2D eigenvalue weighted by Crippen LogP contribution is -1.97. The van der Waals surface area contributed by atoms with Crippen molar-refractivity contribution < 1.29 is 0 Å². The molecule has 0 aromatic carbocycles. The van der Waals surface area contributed by atoms with E-state index >= 15 is 0 Å². The van der Waals surface area contributed by atoms with E-state index in [2.05, 4.69) is 42.3 Å². The fourth-order valence-corrected chi connectivity index (χ4v) is 1.15. The molecular formula is C6H3ClIN3S. The van der Waals surface area contributed by atoms with E-state index in [1.165, 1.54) is 15.1 Å². The third kappa shape index (κ3) is 2.69. The molecule has 0 unspecified atom stereocenters. The Bertz CT molecular complexity index is 346. The van der Waals surface area contributed by atoms with Crippen LogP contribution in [0.5, 0.6) is 0 Å². The van der Waals surface area contributed by atoms with Gasteiger partial charge in [-0.1, -0.05) is 11.6 Å². The molecule has 2 N–H and O–H groups in total. The van der Waals surface area contributed by atoms with Crippen molar-refractivity contribution in [2.45, 2.75) is 0 Å². The maximum Gasteiger partial charge on any atom is 0.159 e. The first kappa shape index (κ1) is 9.89. The van der Waals surface area contributed by atoms with Gasteiger partial charge in [0.2, 0.25) is 0 Å². The van der Waals surface area contributed by atoms with E-state index in [0.29, 0.717) is 5.69 Å². The summed E-state index contributed by atoms with van der Waals surface area (Å²) < 4.78 is 0. The number of hydrogen-bond donors (Lipinski definition) is 1. The van der Waals surface area contributed by atoms with E-state index in [0.717, 1.165) is 0 Å². The van der Waals surface area contributed by atoms with Gasteiger partial charge in [-0.05, 0) is 20.1 Å². The molecular weight excluding hydrogens is 309 g/mol. The molecule has 0 saturated heterocycles. The lowest BCUT2D eigenvalue weighted by molar-refractivity contribution is 1.19. The molecule has 0 fully saturated rings. The SMILES string of the molecule is Nc1nc(Cl)cnc1C#CSI. The first-order chi connectivity index (χ1) is 5.74. The molecule has 0 spiro atoms. The molecule has 0 aliphatic heterocycles. The fourth-order valence-electron chi connectivity index (χ4n) is 0.545. The second-order valence-corrected chi connectivity index (χ2v) is 3.80. The summed E-state index contributed by atoms with van der Waals surface area (Å²) in [6, 6.07) is 0. The zero-order valence-electron chi connectivity index (χ0n) is 5.71. The second-order valence-electron chi connectivity index (χ2n) is 1.73. The Kier molecular flexibility index (Phi) is 3.91. The number of nitrogen functional groups attached to an aromatic ring is 1. The van der Waals surface area contributed by atoms with Crippen LogP contribution in [0.25, 0.3) is 0 Å². The van der Waals surface area contributed by atoms with Crippen LogP contribution in [0.1, 0.15) is 5.69 Å². The number of rotatable bonds is 0. The highest BCUT2D eigenvalue weighted by molar-refractivity contribution is 14.2. The standard InChI is InChI=1S/C6H3ClIN3S/c7-5-3-10-4(1-2-12-8)6(9)11-5/h3H,(H2,9,11). The van der Waals surface area contributed by atoms with Crippen LogP contribution in [0.3, 0.4) is 0 Å². The van der Waals surface area contributed by atoms with Crippen LogP contribution >= 0.6 is 41.7 Å². The van der Waals surface area contributed by atoms with Crippen LogP contribution in [0, 0.1) is 11.2 Å². The van der Waals surface area contributed by atoms with E-state index < -0.39 is 0 Å². The summed E-state index contributed by atoms with van der Waals surface area (Å²) in [5.41, 5.74) is 5.95. The normalized spacial score (nSPS) is 8.83. The topological polar surface area (TPSA) is 51.8 Å². The van der Waals surface area contributed by atoms with Crippen molar-refractivity contribution in [3.05, 3.63) is 17.0 Å². The molecule has 6 heteroatoms. The van der Waals surface area contributed by atoms with Crippen LogP contribution < -0.4 is 5.73 Å². The lowest BCUT2D eigenvalue weighted by atomic mass is 10.4. The Labute approximate surface area is 91.1 Å². The maximum absolute atomic E-state index is 5.54. The van der Waals surface area contributed by atoms with Crippen molar-refractivity contribution in [1.29, 1.82) is 0 Å². The van der Waals surface area contributed by atoms with Crippen LogP contribution in [0.15, 0.2) is 6.20 Å². The summed E-state index contributed by atoms with van der Waals surface area (Å²) in [6.07, 6.45) is 1.42. The van der Waals surface area contributed by atoms with Gasteiger partial charge in [0.1, 0.15) is 5.15 Å². The summed E-state index contributed by atoms with van der Waals surface area (Å²) in [5, 5.41) is 3.03. The lowest BCUT2D eigenvalue weighted by Gasteiger charge is -1.94. The number of hydrogen-bond acceptors (Lipinski definition) is 4. The Morgan fingerprint density at radius 3 is 3.00 bits per heavy atom. The highest BCUT2D eigenvalue weighted by Gasteiger charge is 1.98. The number of anilines is 1. The second kappa shape index (κ2) is 4.74. The first-order valence-corrected chi connectivity index (χ1v) is 6.54. The van der Waals surface area contributed by atoms with Gasteiger partial charge < -0.3 is 5.73 Å². The monoisotopic (exact) mass is 311 g/mol. The van der Waals surface area contributed by atoms with E-state index in [4.69, 9.17) is 17.3 Å². The molecule has 0 radical (unpaired) electrons. The Balaban J connectivity index is 3.01. The van der Waals surface area contributed by atoms with Gasteiger partial charge >= 0.3 is 0 Å². The van der Waals surface area contributed by atoms with Gasteiger partial charge in [-0.15, -0.1) is 0 Å². The zero-order chi connectivity index (χ0) is 8.97. The van der Waals surface area contributed by atoms with Crippen molar-refractivity contribution in [2.24, 2.45) is 0 Å². The van der Waals surface area contributed by atoms with Crippen molar-refractivity contribution in [1.82, 2.24) is 9.97 Å². The third-order valence-corrected chi connectivity index (χ3v) is 2.00. The molecule has 1 aromatic rings. The number of nitrogens with two attached hydrogens (primary N) is 1. The minimum absolute atomic E-state index is 0.264. The number of nitrogens with zero attached hydrogens (tertiary/aromatic N) is 2. The quantitative estimate of drug-likeness (QED) is 0.589. The van der Waals surface area contributed by atoms with Gasteiger partial charge in [0, 0.05) is 21.2 Å². The predicted octanol–water partition coefficient (Wildman–Crippen LogP) is 2.10. The Morgan fingerprint density at radius 1 is 1.67 bits per heavy atom. The fraction of sp³-hybridized carbons (Fsp3) is 0. The Morgan fingerprint density at radius 2 is 2.42 bits per heavy atom. The molecule has 3 nitrogen and oxygen atoms in total. The summed E-state index contributed by atoms with van der Waals surface area (Å²) in [7, 11) is 1.36. The molecule has 1 rings (SSSR count). The van der Waals surface area contributed by atoms with Crippen LogP contribution in [0.2, 0.25) is 5.15 Å². The highest BCUT2D eigenvalue weighted by Crippen LogP contribution is 2.11. The van der Waals surface area contributed by atoms with Crippen molar-refractivity contribution in [2.75, 3.05) is 5.73 Å². The molecule has 1 heterocycles. The van der Waals surface area contributed by atoms with E-state index in [1.807, 2.05) is 0 Å². The van der Waals surface area contributed by atoms with Gasteiger partial charge in [-0.25, -0.2) is 9.97 Å². The van der Waals surface area contributed by atoms with Crippen molar-refractivity contribution in [3.8, 4) is 11.2 Å². The summed E-state index contributed by atoms with van der Waals surface area (Å²) in [5.74, 6) is 3.00. The van der Waals surface area contributed by atoms with Gasteiger partial charge in [0.05, 0.1) is 6.20 Å². The van der Waals surface area contributed by atoms with Crippen LogP contribution in [-0.4, -0.2) is 9.97 Å². The maximum atomic E-state index is 5.54. The minimum atomic E-state index is 0.264. The van der Waals surface area contributed by atoms with Gasteiger partial charge in [0.25, 0.3) is 0 Å². The van der Waals surface area contributed by atoms with Crippen molar-refractivity contribution in [3.63, 3.8) is 0 Å². The van der Waals surface area contributed by atoms with Gasteiger partial charge in [-0.2, -0.15) is 0 Å². The largest absolute Gasteiger partial charge is 0.381 e. The smallest absolute Gasteiger partial charge is 0.159 e. The minimum Gasteiger partial charge on any atom is -0.381 e.